The minimum absolute atomic E-state index is 0.185. The first-order valence-electron chi connectivity index (χ1n) is 16.3. The molecule has 0 atom stereocenters. The van der Waals surface area contributed by atoms with Gasteiger partial charge in [0.2, 0.25) is 0 Å². The van der Waals surface area contributed by atoms with Crippen molar-refractivity contribution < 1.29 is 0 Å². The molecule has 0 spiro atoms. The minimum Gasteiger partial charge on any atom is -0.310 e. The maximum Gasteiger partial charge on any atom is 0.0540 e. The molecule has 9 rings (SSSR count). The van der Waals surface area contributed by atoms with Crippen LogP contribution in [0.1, 0.15) is 25.0 Å². The van der Waals surface area contributed by atoms with Gasteiger partial charge in [0.25, 0.3) is 0 Å². The average Bonchev–Trinajstić information content (AvgIpc) is 3.61. The predicted molar refractivity (Wildman–Crippen MR) is 202 cm³/mol. The van der Waals surface area contributed by atoms with E-state index in [0.717, 1.165) is 17.1 Å². The molecule has 2 heteroatoms. The van der Waals surface area contributed by atoms with Gasteiger partial charge in [-0.05, 0) is 81.4 Å². The van der Waals surface area contributed by atoms with E-state index in [2.05, 4.69) is 183 Å². The molecule has 1 heterocycles. The van der Waals surface area contributed by atoms with Gasteiger partial charge in [0.15, 0.2) is 0 Å². The van der Waals surface area contributed by atoms with E-state index >= 15 is 0 Å². The molecular weight excluding hydrogens is 587 g/mol. The van der Waals surface area contributed by atoms with Gasteiger partial charge < -0.3 is 4.90 Å². The molecule has 1 nitrogen and oxygen atoms in total. The van der Waals surface area contributed by atoms with E-state index < -0.39 is 0 Å². The number of fused-ring (bicyclic) bond motifs is 6. The van der Waals surface area contributed by atoms with Crippen LogP contribution in [-0.4, -0.2) is 0 Å². The summed E-state index contributed by atoms with van der Waals surface area (Å²) in [5.41, 5.74) is 13.8. The van der Waals surface area contributed by atoms with Crippen LogP contribution in [0.2, 0.25) is 0 Å². The number of hydrogen-bond donors (Lipinski definition) is 0. The highest BCUT2D eigenvalue weighted by atomic mass is 32.1. The number of thiophene rings is 1. The van der Waals surface area contributed by atoms with Crippen molar-refractivity contribution in [1.29, 1.82) is 0 Å². The highest BCUT2D eigenvalue weighted by Crippen LogP contribution is 2.57. The van der Waals surface area contributed by atoms with Crippen molar-refractivity contribution in [2.45, 2.75) is 19.3 Å². The van der Waals surface area contributed by atoms with Crippen molar-refractivity contribution in [2.24, 2.45) is 0 Å². The molecule has 0 saturated carbocycles. The lowest BCUT2D eigenvalue weighted by molar-refractivity contribution is 0.661. The second kappa shape index (κ2) is 10.8. The molecule has 0 saturated heterocycles. The number of rotatable bonds is 5. The van der Waals surface area contributed by atoms with Crippen LogP contribution in [-0.2, 0) is 5.41 Å². The minimum atomic E-state index is -0.185. The van der Waals surface area contributed by atoms with Crippen molar-refractivity contribution in [3.63, 3.8) is 0 Å². The quantitative estimate of drug-likeness (QED) is 0.185. The summed E-state index contributed by atoms with van der Waals surface area (Å²) in [6.45, 7) is 4.81. The first kappa shape index (κ1) is 27.8. The van der Waals surface area contributed by atoms with Gasteiger partial charge in [-0.15, -0.1) is 11.3 Å². The van der Waals surface area contributed by atoms with E-state index in [1.165, 1.54) is 64.7 Å². The Hall–Kier alpha value is -5.44. The van der Waals surface area contributed by atoms with Crippen LogP contribution in [0.4, 0.5) is 17.1 Å². The molecule has 0 amide bonds. The first-order chi connectivity index (χ1) is 23.1. The zero-order valence-electron chi connectivity index (χ0n) is 26.4. The second-order valence-corrected chi connectivity index (χ2v) is 14.0. The lowest BCUT2D eigenvalue weighted by Gasteiger charge is -2.29. The Morgan fingerprint density at radius 1 is 0.468 bits per heavy atom. The van der Waals surface area contributed by atoms with Gasteiger partial charge >= 0.3 is 0 Å². The molecular formula is C45H33NS. The van der Waals surface area contributed by atoms with Gasteiger partial charge in [-0.25, -0.2) is 0 Å². The Morgan fingerprint density at radius 2 is 1.11 bits per heavy atom. The molecule has 47 heavy (non-hydrogen) atoms. The summed E-state index contributed by atoms with van der Waals surface area (Å²) in [6, 6.07) is 59.8. The topological polar surface area (TPSA) is 3.24 Å². The summed E-state index contributed by atoms with van der Waals surface area (Å²) in [6.07, 6.45) is 0. The van der Waals surface area contributed by atoms with Crippen LogP contribution in [0.5, 0.6) is 0 Å². The maximum absolute atomic E-state index is 2.49. The smallest absolute Gasteiger partial charge is 0.0540 e. The van der Waals surface area contributed by atoms with E-state index in [-0.39, 0.29) is 5.41 Å². The zero-order valence-corrected chi connectivity index (χ0v) is 27.3. The maximum atomic E-state index is 2.49. The van der Waals surface area contributed by atoms with Crippen molar-refractivity contribution in [3.05, 3.63) is 175 Å². The third kappa shape index (κ3) is 4.36. The number of nitrogens with zero attached hydrogens (tertiary/aromatic N) is 1. The number of hydrogen-bond acceptors (Lipinski definition) is 2. The SMILES string of the molecule is CC1(C)c2cc(N(c3ccccc3)c3ccccc3-c3ccccc3)ccc2-c2c1cc1sc3ccccc3c1c2-c1ccccc1. The largest absolute Gasteiger partial charge is 0.310 e. The zero-order chi connectivity index (χ0) is 31.5. The molecule has 1 aliphatic carbocycles. The van der Waals surface area contributed by atoms with Gasteiger partial charge in [-0.3, -0.25) is 0 Å². The molecule has 0 bridgehead atoms. The third-order valence-corrected chi connectivity index (χ3v) is 11.0. The number of anilines is 3. The van der Waals surface area contributed by atoms with E-state index in [4.69, 9.17) is 0 Å². The summed E-state index contributed by atoms with van der Waals surface area (Å²) in [7, 11) is 0. The molecule has 0 fully saturated rings. The molecule has 0 N–H and O–H groups in total. The predicted octanol–water partition coefficient (Wildman–Crippen LogP) is 13.2. The van der Waals surface area contributed by atoms with Gasteiger partial charge in [0, 0.05) is 42.5 Å². The van der Waals surface area contributed by atoms with Crippen LogP contribution in [0.15, 0.2) is 164 Å². The highest BCUT2D eigenvalue weighted by Gasteiger charge is 2.39. The monoisotopic (exact) mass is 619 g/mol. The molecule has 1 aromatic heterocycles. The number of para-hydroxylation sites is 2. The van der Waals surface area contributed by atoms with Crippen LogP contribution in [0.3, 0.4) is 0 Å². The average molecular weight is 620 g/mol. The van der Waals surface area contributed by atoms with Crippen molar-refractivity contribution in [3.8, 4) is 33.4 Å². The van der Waals surface area contributed by atoms with Crippen LogP contribution >= 0.6 is 11.3 Å². The lowest BCUT2D eigenvalue weighted by atomic mass is 9.81. The third-order valence-electron chi connectivity index (χ3n) is 9.85. The summed E-state index contributed by atoms with van der Waals surface area (Å²) >= 11 is 1.91. The highest BCUT2D eigenvalue weighted by molar-refractivity contribution is 7.26. The summed E-state index contributed by atoms with van der Waals surface area (Å²) in [5.74, 6) is 0. The molecule has 7 aromatic carbocycles. The summed E-state index contributed by atoms with van der Waals surface area (Å²) in [5, 5.41) is 2.70. The summed E-state index contributed by atoms with van der Waals surface area (Å²) in [4.78, 5) is 2.42. The van der Waals surface area contributed by atoms with E-state index in [9.17, 15) is 0 Å². The van der Waals surface area contributed by atoms with E-state index in [1.54, 1.807) is 0 Å². The van der Waals surface area contributed by atoms with Crippen LogP contribution in [0, 0.1) is 0 Å². The molecule has 8 aromatic rings. The van der Waals surface area contributed by atoms with Gasteiger partial charge in [0.05, 0.1) is 5.69 Å². The second-order valence-electron chi connectivity index (χ2n) is 12.9. The molecule has 0 unspecified atom stereocenters. The fraction of sp³-hybridized carbons (Fsp3) is 0.0667. The Kier molecular flexibility index (Phi) is 6.41. The van der Waals surface area contributed by atoms with Crippen LogP contribution < -0.4 is 4.90 Å². The van der Waals surface area contributed by atoms with Crippen molar-refractivity contribution in [1.82, 2.24) is 0 Å². The molecule has 0 aliphatic heterocycles. The number of benzene rings is 7. The normalized spacial score (nSPS) is 13.1. The fourth-order valence-electron chi connectivity index (χ4n) is 7.64. The summed E-state index contributed by atoms with van der Waals surface area (Å²) < 4.78 is 2.69. The Labute approximate surface area is 280 Å². The Bertz CT molecular complexity index is 2420. The van der Waals surface area contributed by atoms with Crippen molar-refractivity contribution >= 4 is 48.6 Å². The van der Waals surface area contributed by atoms with E-state index in [1.807, 2.05) is 11.3 Å². The fourth-order valence-corrected chi connectivity index (χ4v) is 8.79. The Balaban J connectivity index is 1.31. The molecule has 0 radical (unpaired) electrons. The van der Waals surface area contributed by atoms with Crippen LogP contribution in [0.25, 0.3) is 53.6 Å². The Morgan fingerprint density at radius 3 is 1.87 bits per heavy atom. The molecule has 224 valence electrons. The van der Waals surface area contributed by atoms with Gasteiger partial charge in [-0.2, -0.15) is 0 Å². The van der Waals surface area contributed by atoms with Gasteiger partial charge in [-0.1, -0.05) is 135 Å². The molecule has 1 aliphatic rings. The van der Waals surface area contributed by atoms with Crippen molar-refractivity contribution in [2.75, 3.05) is 4.90 Å². The first-order valence-corrected chi connectivity index (χ1v) is 17.1. The van der Waals surface area contributed by atoms with Gasteiger partial charge in [0.1, 0.15) is 0 Å². The van der Waals surface area contributed by atoms with E-state index in [0.29, 0.717) is 0 Å². The standard InChI is InChI=1S/C45H33NS/c1-45(2)37-28-33(46(32-20-10-5-11-21-32)39-24-14-12-22-34(39)30-16-6-3-7-17-30)26-27-35(37)43-38(45)29-41-44(36-23-13-15-25-40(36)47-41)42(43)31-18-8-4-9-19-31/h3-29H,1-2H3. The lowest BCUT2D eigenvalue weighted by Crippen LogP contribution is -2.17.